The van der Waals surface area contributed by atoms with E-state index in [2.05, 4.69) is 44.6 Å². The summed E-state index contributed by atoms with van der Waals surface area (Å²) in [5.41, 5.74) is 2.28. The predicted octanol–water partition coefficient (Wildman–Crippen LogP) is 3.93. The molecular formula is C18H27IN4OS. The molecule has 0 spiro atoms. The molecule has 1 aromatic heterocycles. The summed E-state index contributed by atoms with van der Waals surface area (Å²) in [7, 11) is 3.83. The summed E-state index contributed by atoms with van der Waals surface area (Å²) in [5.74, 6) is 1.76. The van der Waals surface area contributed by atoms with Crippen LogP contribution in [0.2, 0.25) is 0 Å². The van der Waals surface area contributed by atoms with Crippen LogP contribution in [0.3, 0.4) is 0 Å². The van der Waals surface area contributed by atoms with Crippen LogP contribution in [0, 0.1) is 0 Å². The smallest absolute Gasteiger partial charge is 0.194 e. The molecule has 0 aliphatic rings. The van der Waals surface area contributed by atoms with Crippen LogP contribution in [0.5, 0.6) is 5.75 Å². The molecule has 0 aliphatic heterocycles. The molecule has 1 aromatic carbocycles. The van der Waals surface area contributed by atoms with Gasteiger partial charge in [-0.3, -0.25) is 4.99 Å². The molecule has 1 heterocycles. The molecule has 0 bridgehead atoms. The number of halogens is 1. The van der Waals surface area contributed by atoms with Crippen LogP contribution in [0.15, 0.2) is 34.6 Å². The Bertz CT molecular complexity index is 657. The molecule has 0 saturated carbocycles. The number of guanidine groups is 1. The van der Waals surface area contributed by atoms with E-state index in [0.717, 1.165) is 30.4 Å². The summed E-state index contributed by atoms with van der Waals surface area (Å²) < 4.78 is 5.48. The number of nitrogens with zero attached hydrogens (tertiary/aromatic N) is 3. The van der Waals surface area contributed by atoms with E-state index >= 15 is 0 Å². The molecule has 1 N–H and O–H groups in total. The van der Waals surface area contributed by atoms with E-state index in [4.69, 9.17) is 4.74 Å². The van der Waals surface area contributed by atoms with Crippen LogP contribution in [-0.2, 0) is 19.5 Å². The summed E-state index contributed by atoms with van der Waals surface area (Å²) in [6, 6.07) is 8.18. The van der Waals surface area contributed by atoms with Crippen molar-refractivity contribution in [2.45, 2.75) is 33.4 Å². The molecule has 0 saturated heterocycles. The van der Waals surface area contributed by atoms with Gasteiger partial charge in [0.2, 0.25) is 0 Å². The number of nitrogens with one attached hydrogen (secondary N) is 1. The minimum atomic E-state index is 0. The van der Waals surface area contributed by atoms with E-state index in [1.165, 1.54) is 10.6 Å². The first-order valence-electron chi connectivity index (χ1n) is 8.23. The molecule has 25 heavy (non-hydrogen) atoms. The van der Waals surface area contributed by atoms with Gasteiger partial charge < -0.3 is 15.0 Å². The topological polar surface area (TPSA) is 49.8 Å². The highest BCUT2D eigenvalue weighted by atomic mass is 127. The molecule has 2 rings (SSSR count). The van der Waals surface area contributed by atoms with Gasteiger partial charge in [0.1, 0.15) is 5.75 Å². The van der Waals surface area contributed by atoms with Crippen LogP contribution in [0.25, 0.3) is 0 Å². The van der Waals surface area contributed by atoms with Gasteiger partial charge in [-0.15, -0.1) is 35.3 Å². The average Bonchev–Trinajstić information content (AvgIpc) is 3.05. The number of hydrogen-bond donors (Lipinski definition) is 1. The van der Waals surface area contributed by atoms with Crippen molar-refractivity contribution in [2.75, 3.05) is 20.7 Å². The third kappa shape index (κ3) is 6.81. The zero-order valence-corrected chi connectivity index (χ0v) is 18.4. The molecule has 138 valence electrons. The van der Waals surface area contributed by atoms with Gasteiger partial charge in [0, 0.05) is 26.0 Å². The molecule has 0 unspecified atom stereocenters. The van der Waals surface area contributed by atoms with Gasteiger partial charge in [-0.2, -0.15) is 0 Å². The standard InChI is InChI=1S/C18H26N4OS.HI/c1-5-17-21-15(13-24-17)11-20-18(19-3)22(4)12-14-7-9-16(10-8-14)23-6-2;/h7-10,13H,5-6,11-12H2,1-4H3,(H,19,20);1H. The molecule has 0 radical (unpaired) electrons. The zero-order chi connectivity index (χ0) is 17.4. The third-order valence-electron chi connectivity index (χ3n) is 3.56. The van der Waals surface area contributed by atoms with Crippen LogP contribution in [0.1, 0.15) is 30.1 Å². The summed E-state index contributed by atoms with van der Waals surface area (Å²) in [5, 5.41) is 6.64. The Morgan fingerprint density at radius 2 is 2.00 bits per heavy atom. The van der Waals surface area contributed by atoms with Crippen LogP contribution in [-0.4, -0.2) is 36.5 Å². The summed E-state index contributed by atoms with van der Waals surface area (Å²) in [6.07, 6.45) is 0.983. The first-order valence-corrected chi connectivity index (χ1v) is 9.11. The molecule has 0 aliphatic carbocycles. The predicted molar refractivity (Wildman–Crippen MR) is 116 cm³/mol. The van der Waals surface area contributed by atoms with Gasteiger partial charge in [-0.25, -0.2) is 4.98 Å². The number of benzene rings is 1. The summed E-state index contributed by atoms with van der Waals surface area (Å²) in [4.78, 5) is 11.0. The van der Waals surface area contributed by atoms with Crippen molar-refractivity contribution >= 4 is 41.3 Å². The Kier molecular flexibility index (Phi) is 9.81. The number of ether oxygens (including phenoxy) is 1. The SMILES string of the molecule is CCOc1ccc(CN(C)C(=NC)NCc2csc(CC)n2)cc1.I. The first-order chi connectivity index (χ1) is 11.7. The van der Waals surface area contributed by atoms with Gasteiger partial charge in [0.15, 0.2) is 5.96 Å². The lowest BCUT2D eigenvalue weighted by molar-refractivity contribution is 0.340. The number of hydrogen-bond acceptors (Lipinski definition) is 4. The summed E-state index contributed by atoms with van der Waals surface area (Å²) in [6.45, 7) is 6.27. The van der Waals surface area contributed by atoms with Gasteiger partial charge in [0.25, 0.3) is 0 Å². The number of aromatic nitrogens is 1. The Labute approximate surface area is 171 Å². The van der Waals surface area contributed by atoms with E-state index < -0.39 is 0 Å². The fourth-order valence-corrected chi connectivity index (χ4v) is 3.10. The average molecular weight is 474 g/mol. The number of aliphatic imine (C=N–C) groups is 1. The van der Waals surface area contributed by atoms with Crippen molar-refractivity contribution in [1.29, 1.82) is 0 Å². The van der Waals surface area contributed by atoms with Gasteiger partial charge in [-0.05, 0) is 31.0 Å². The highest BCUT2D eigenvalue weighted by Gasteiger charge is 2.08. The number of aryl methyl sites for hydroxylation is 1. The second-order valence-corrected chi connectivity index (χ2v) is 6.36. The van der Waals surface area contributed by atoms with Gasteiger partial charge in [-0.1, -0.05) is 19.1 Å². The maximum Gasteiger partial charge on any atom is 0.194 e. The first kappa shape index (κ1) is 21.7. The fraction of sp³-hybridized carbons (Fsp3) is 0.444. The van der Waals surface area contributed by atoms with Crippen LogP contribution < -0.4 is 10.1 Å². The molecule has 0 amide bonds. The Balaban J connectivity index is 0.00000312. The number of thiazole rings is 1. The van der Waals surface area contributed by atoms with Crippen molar-refractivity contribution in [3.63, 3.8) is 0 Å². The molecular weight excluding hydrogens is 447 g/mol. The van der Waals surface area contributed by atoms with Gasteiger partial charge >= 0.3 is 0 Å². The van der Waals surface area contributed by atoms with E-state index in [1.807, 2.05) is 26.1 Å². The highest BCUT2D eigenvalue weighted by Crippen LogP contribution is 2.13. The summed E-state index contributed by atoms with van der Waals surface area (Å²) >= 11 is 1.71. The largest absolute Gasteiger partial charge is 0.494 e. The lowest BCUT2D eigenvalue weighted by atomic mass is 10.2. The highest BCUT2D eigenvalue weighted by molar-refractivity contribution is 14.0. The quantitative estimate of drug-likeness (QED) is 0.376. The normalized spacial score (nSPS) is 11.0. The van der Waals surface area contributed by atoms with Crippen molar-refractivity contribution in [1.82, 2.24) is 15.2 Å². The van der Waals surface area contributed by atoms with E-state index in [9.17, 15) is 0 Å². The Morgan fingerprint density at radius 1 is 1.28 bits per heavy atom. The molecule has 7 heteroatoms. The molecule has 0 atom stereocenters. The lowest BCUT2D eigenvalue weighted by Crippen LogP contribution is -2.38. The van der Waals surface area contributed by atoms with Crippen LogP contribution in [0.4, 0.5) is 0 Å². The van der Waals surface area contributed by atoms with Crippen molar-refractivity contribution < 1.29 is 4.74 Å². The number of rotatable bonds is 7. The lowest BCUT2D eigenvalue weighted by Gasteiger charge is -2.22. The minimum absolute atomic E-state index is 0. The van der Waals surface area contributed by atoms with E-state index in [0.29, 0.717) is 13.2 Å². The zero-order valence-electron chi connectivity index (χ0n) is 15.3. The van der Waals surface area contributed by atoms with Crippen molar-refractivity contribution in [3.8, 4) is 5.75 Å². The van der Waals surface area contributed by atoms with Crippen molar-refractivity contribution in [3.05, 3.63) is 45.9 Å². The monoisotopic (exact) mass is 474 g/mol. The fourth-order valence-electron chi connectivity index (χ4n) is 2.35. The van der Waals surface area contributed by atoms with Gasteiger partial charge in [0.05, 0.1) is 23.9 Å². The minimum Gasteiger partial charge on any atom is -0.494 e. The second-order valence-electron chi connectivity index (χ2n) is 5.42. The van der Waals surface area contributed by atoms with E-state index in [-0.39, 0.29) is 24.0 Å². The Hall–Kier alpha value is -1.35. The molecule has 0 fully saturated rings. The van der Waals surface area contributed by atoms with Crippen LogP contribution >= 0.6 is 35.3 Å². The third-order valence-corrected chi connectivity index (χ3v) is 4.60. The Morgan fingerprint density at radius 3 is 2.56 bits per heavy atom. The second kappa shape index (κ2) is 11.3. The van der Waals surface area contributed by atoms with Crippen molar-refractivity contribution in [2.24, 2.45) is 4.99 Å². The maximum atomic E-state index is 5.48. The van der Waals surface area contributed by atoms with E-state index in [1.54, 1.807) is 18.4 Å². The maximum absolute atomic E-state index is 5.48. The molecule has 5 nitrogen and oxygen atoms in total. The molecule has 2 aromatic rings.